The fraction of sp³-hybridized carbons (Fsp3) is 0.381. The van der Waals surface area contributed by atoms with Gasteiger partial charge in [0.05, 0.1) is 24.2 Å². The molecule has 0 bridgehead atoms. The van der Waals surface area contributed by atoms with Crippen molar-refractivity contribution in [2.75, 3.05) is 55.8 Å². The van der Waals surface area contributed by atoms with Gasteiger partial charge in [-0.2, -0.15) is 0 Å². The standard InChI is InChI=1S/C21H25N3O2S/c1-26-19-5-3-2-4-18(19)24-12-10-23(11-13-24)9-8-16-6-7-20-17(14-16)22-21(25)15-27-20/h2-7,14H,8-13,15H2,1H3,(H,22,25). The van der Waals surface area contributed by atoms with Crippen molar-refractivity contribution in [2.24, 2.45) is 0 Å². The monoisotopic (exact) mass is 383 g/mol. The van der Waals surface area contributed by atoms with Gasteiger partial charge in [-0.25, -0.2) is 0 Å². The lowest BCUT2D eigenvalue weighted by molar-refractivity contribution is -0.113. The maximum Gasteiger partial charge on any atom is 0.234 e. The summed E-state index contributed by atoms with van der Waals surface area (Å²) in [6, 6.07) is 14.7. The molecule has 2 aliphatic rings. The molecule has 2 heterocycles. The van der Waals surface area contributed by atoms with Gasteiger partial charge in [-0.15, -0.1) is 11.8 Å². The fourth-order valence-corrected chi connectivity index (χ4v) is 4.46. The molecule has 6 heteroatoms. The zero-order chi connectivity index (χ0) is 18.6. The smallest absolute Gasteiger partial charge is 0.234 e. The van der Waals surface area contributed by atoms with Crippen molar-refractivity contribution < 1.29 is 9.53 Å². The summed E-state index contributed by atoms with van der Waals surface area (Å²) in [5.41, 5.74) is 3.43. The van der Waals surface area contributed by atoms with Crippen molar-refractivity contribution in [3.05, 3.63) is 48.0 Å². The van der Waals surface area contributed by atoms with Crippen LogP contribution in [0.25, 0.3) is 0 Å². The van der Waals surface area contributed by atoms with Crippen LogP contribution in [0.5, 0.6) is 5.75 Å². The molecule has 0 radical (unpaired) electrons. The highest BCUT2D eigenvalue weighted by atomic mass is 32.2. The van der Waals surface area contributed by atoms with Gasteiger partial charge >= 0.3 is 0 Å². The van der Waals surface area contributed by atoms with E-state index in [4.69, 9.17) is 4.74 Å². The molecule has 1 saturated heterocycles. The van der Waals surface area contributed by atoms with E-state index in [1.807, 2.05) is 12.1 Å². The van der Waals surface area contributed by atoms with Crippen molar-refractivity contribution in [1.29, 1.82) is 0 Å². The van der Waals surface area contributed by atoms with E-state index in [9.17, 15) is 4.79 Å². The number of nitrogens with one attached hydrogen (secondary N) is 1. The molecule has 0 spiro atoms. The average Bonchev–Trinajstić information content (AvgIpc) is 2.72. The van der Waals surface area contributed by atoms with Crippen LogP contribution in [-0.4, -0.2) is 56.4 Å². The summed E-state index contributed by atoms with van der Waals surface area (Å²) < 4.78 is 5.50. The van der Waals surface area contributed by atoms with E-state index in [1.165, 1.54) is 16.1 Å². The normalized spacial score (nSPS) is 17.4. The maximum atomic E-state index is 11.6. The molecule has 0 unspecified atom stereocenters. The van der Waals surface area contributed by atoms with E-state index in [2.05, 4.69) is 45.4 Å². The lowest BCUT2D eigenvalue weighted by Gasteiger charge is -2.36. The van der Waals surface area contributed by atoms with Crippen LogP contribution in [0.3, 0.4) is 0 Å². The first-order valence-corrected chi connectivity index (χ1v) is 10.4. The lowest BCUT2D eigenvalue weighted by atomic mass is 10.1. The van der Waals surface area contributed by atoms with Crippen LogP contribution < -0.4 is 15.0 Å². The number of hydrogen-bond donors (Lipinski definition) is 1. The minimum atomic E-state index is 0.0945. The zero-order valence-electron chi connectivity index (χ0n) is 15.6. The molecule has 27 heavy (non-hydrogen) atoms. The number of rotatable bonds is 5. The Morgan fingerprint density at radius 2 is 1.93 bits per heavy atom. The second-order valence-electron chi connectivity index (χ2n) is 6.92. The van der Waals surface area contributed by atoms with E-state index < -0.39 is 0 Å². The van der Waals surface area contributed by atoms with Crippen LogP contribution in [0.1, 0.15) is 5.56 Å². The number of para-hydroxylation sites is 2. The van der Waals surface area contributed by atoms with Crippen LogP contribution in [0, 0.1) is 0 Å². The summed E-state index contributed by atoms with van der Waals surface area (Å²) in [5.74, 6) is 1.56. The number of nitrogens with zero attached hydrogens (tertiary/aromatic N) is 2. The lowest BCUT2D eigenvalue weighted by Crippen LogP contribution is -2.47. The van der Waals surface area contributed by atoms with E-state index in [-0.39, 0.29) is 5.91 Å². The summed E-state index contributed by atoms with van der Waals surface area (Å²) in [6.07, 6.45) is 1.00. The second-order valence-corrected chi connectivity index (χ2v) is 7.94. The molecule has 0 saturated carbocycles. The van der Waals surface area contributed by atoms with E-state index in [0.29, 0.717) is 5.75 Å². The molecule has 1 amide bonds. The van der Waals surface area contributed by atoms with Crippen molar-refractivity contribution in [3.63, 3.8) is 0 Å². The first-order valence-electron chi connectivity index (χ1n) is 9.39. The summed E-state index contributed by atoms with van der Waals surface area (Å²) >= 11 is 1.61. The third kappa shape index (κ3) is 4.22. The SMILES string of the molecule is COc1ccccc1N1CCN(CCc2ccc3c(c2)NC(=O)CS3)CC1. The van der Waals surface area contributed by atoms with Gasteiger partial charge in [-0.05, 0) is 36.2 Å². The first kappa shape index (κ1) is 18.2. The highest BCUT2D eigenvalue weighted by Gasteiger charge is 2.20. The van der Waals surface area contributed by atoms with Crippen LogP contribution in [0.2, 0.25) is 0 Å². The molecule has 2 aromatic carbocycles. The molecule has 5 nitrogen and oxygen atoms in total. The molecule has 1 N–H and O–H groups in total. The minimum Gasteiger partial charge on any atom is -0.495 e. The number of fused-ring (bicyclic) bond motifs is 1. The van der Waals surface area contributed by atoms with Crippen LogP contribution >= 0.6 is 11.8 Å². The second kappa shape index (κ2) is 8.23. The summed E-state index contributed by atoms with van der Waals surface area (Å²) in [6.45, 7) is 5.17. The molecule has 4 rings (SSSR count). The number of carbonyl (C=O) groups is 1. The largest absolute Gasteiger partial charge is 0.495 e. The van der Waals surface area contributed by atoms with Gasteiger partial charge in [-0.3, -0.25) is 9.69 Å². The van der Waals surface area contributed by atoms with Gasteiger partial charge in [0, 0.05) is 37.6 Å². The molecule has 2 aromatic rings. The molecule has 0 aromatic heterocycles. The number of amides is 1. The van der Waals surface area contributed by atoms with Gasteiger partial charge in [-0.1, -0.05) is 18.2 Å². The predicted molar refractivity (Wildman–Crippen MR) is 111 cm³/mol. The van der Waals surface area contributed by atoms with Crippen LogP contribution in [0.15, 0.2) is 47.4 Å². The van der Waals surface area contributed by atoms with Gasteiger partial charge in [0.1, 0.15) is 5.75 Å². The third-order valence-electron chi connectivity index (χ3n) is 5.19. The Balaban J connectivity index is 1.31. The molecule has 142 valence electrons. The van der Waals surface area contributed by atoms with E-state index in [0.717, 1.165) is 50.6 Å². The number of thioether (sulfide) groups is 1. The number of carbonyl (C=O) groups excluding carboxylic acids is 1. The van der Waals surface area contributed by atoms with Gasteiger partial charge in [0.25, 0.3) is 0 Å². The van der Waals surface area contributed by atoms with Crippen molar-refractivity contribution in [3.8, 4) is 5.75 Å². The van der Waals surface area contributed by atoms with E-state index >= 15 is 0 Å². The molecular weight excluding hydrogens is 358 g/mol. The third-order valence-corrected chi connectivity index (χ3v) is 6.27. The van der Waals surface area contributed by atoms with Crippen LogP contribution in [0.4, 0.5) is 11.4 Å². The Morgan fingerprint density at radius 3 is 2.74 bits per heavy atom. The number of anilines is 2. The highest BCUT2D eigenvalue weighted by molar-refractivity contribution is 8.00. The number of methoxy groups -OCH3 is 1. The van der Waals surface area contributed by atoms with Crippen LogP contribution in [-0.2, 0) is 11.2 Å². The Morgan fingerprint density at radius 1 is 1.11 bits per heavy atom. The van der Waals surface area contributed by atoms with Crippen molar-refractivity contribution in [1.82, 2.24) is 4.90 Å². The topological polar surface area (TPSA) is 44.8 Å². The Hall–Kier alpha value is -2.18. The number of piperazine rings is 1. The van der Waals surface area contributed by atoms with Gasteiger partial charge in [0.2, 0.25) is 5.91 Å². The Kier molecular flexibility index (Phi) is 5.55. The number of hydrogen-bond acceptors (Lipinski definition) is 5. The molecule has 1 fully saturated rings. The summed E-state index contributed by atoms with van der Waals surface area (Å²) in [7, 11) is 1.73. The summed E-state index contributed by atoms with van der Waals surface area (Å²) in [5, 5.41) is 2.98. The quantitative estimate of drug-likeness (QED) is 0.860. The minimum absolute atomic E-state index is 0.0945. The Bertz CT molecular complexity index is 819. The summed E-state index contributed by atoms with van der Waals surface area (Å²) in [4.78, 5) is 17.7. The number of benzene rings is 2. The van der Waals surface area contributed by atoms with Crippen molar-refractivity contribution in [2.45, 2.75) is 11.3 Å². The average molecular weight is 384 g/mol. The highest BCUT2D eigenvalue weighted by Crippen LogP contribution is 2.32. The zero-order valence-corrected chi connectivity index (χ0v) is 16.4. The predicted octanol–water partition coefficient (Wildman–Crippen LogP) is 3.10. The molecule has 0 aliphatic carbocycles. The maximum absolute atomic E-state index is 11.6. The number of ether oxygens (including phenoxy) is 1. The van der Waals surface area contributed by atoms with Gasteiger partial charge in [0.15, 0.2) is 0 Å². The van der Waals surface area contributed by atoms with E-state index in [1.54, 1.807) is 18.9 Å². The molecule has 2 aliphatic heterocycles. The molecular formula is C21H25N3O2S. The fourth-order valence-electron chi connectivity index (χ4n) is 3.68. The van der Waals surface area contributed by atoms with Gasteiger partial charge < -0.3 is 15.0 Å². The molecule has 0 atom stereocenters. The van der Waals surface area contributed by atoms with Crippen molar-refractivity contribution >= 4 is 29.0 Å². The Labute approximate surface area is 164 Å². The first-order chi connectivity index (χ1) is 13.2.